The lowest BCUT2D eigenvalue weighted by Gasteiger charge is -2.29. The topological polar surface area (TPSA) is 60.2 Å². The van der Waals surface area contributed by atoms with Crippen molar-refractivity contribution in [2.75, 3.05) is 17.2 Å². The van der Waals surface area contributed by atoms with E-state index >= 15 is 0 Å². The van der Waals surface area contributed by atoms with Crippen LogP contribution in [0.2, 0.25) is 0 Å². The molecule has 0 amide bonds. The van der Waals surface area contributed by atoms with E-state index < -0.39 is 9.84 Å². The van der Waals surface area contributed by atoms with Crippen LogP contribution in [0.25, 0.3) is 5.57 Å². The molecule has 1 aliphatic carbocycles. The highest BCUT2D eigenvalue weighted by Crippen LogP contribution is 2.39. The average Bonchev–Trinajstić information content (AvgIpc) is 2.47. The summed E-state index contributed by atoms with van der Waals surface area (Å²) in [5.41, 5.74) is 10.7. The van der Waals surface area contributed by atoms with Crippen LogP contribution in [0.5, 0.6) is 0 Å². The fraction of sp³-hybridized carbons (Fsp3) is 0.556. The van der Waals surface area contributed by atoms with Crippen LogP contribution >= 0.6 is 0 Å². The van der Waals surface area contributed by atoms with Crippen LogP contribution in [0.1, 0.15) is 51.2 Å². The molecular formula is C18H27NO2S. The minimum absolute atomic E-state index is 0.203. The number of nitrogens with two attached hydrogens (primary N) is 1. The van der Waals surface area contributed by atoms with Gasteiger partial charge in [-0.25, -0.2) is 8.42 Å². The number of hydrogen-bond donors (Lipinski definition) is 1. The Morgan fingerprint density at radius 3 is 2.59 bits per heavy atom. The van der Waals surface area contributed by atoms with Crippen molar-refractivity contribution in [1.29, 1.82) is 0 Å². The van der Waals surface area contributed by atoms with Gasteiger partial charge in [0.05, 0.1) is 5.75 Å². The summed E-state index contributed by atoms with van der Waals surface area (Å²) in [5.74, 6) is 0.411. The van der Waals surface area contributed by atoms with Crippen LogP contribution in [0.15, 0.2) is 24.3 Å². The first-order chi connectivity index (χ1) is 10.2. The minimum atomic E-state index is -2.93. The van der Waals surface area contributed by atoms with Gasteiger partial charge < -0.3 is 5.73 Å². The van der Waals surface area contributed by atoms with Crippen molar-refractivity contribution >= 4 is 21.1 Å². The van der Waals surface area contributed by atoms with Crippen molar-refractivity contribution in [3.63, 3.8) is 0 Å². The van der Waals surface area contributed by atoms with Gasteiger partial charge in [0.15, 0.2) is 0 Å². The Bertz CT molecular complexity index is 672. The maximum absolute atomic E-state index is 11.7. The van der Waals surface area contributed by atoms with Gasteiger partial charge in [0.25, 0.3) is 0 Å². The van der Waals surface area contributed by atoms with Gasteiger partial charge in [-0.15, -0.1) is 0 Å². The van der Waals surface area contributed by atoms with Gasteiger partial charge in [0, 0.05) is 17.0 Å². The standard InChI is InChI=1S/C18H27NO2S/c1-4-22(20,21)12-9-14-5-6-17(19)16(13-14)15-7-10-18(2,3)11-8-15/h5-7,13H,4,8-12,19H2,1-3H3. The monoisotopic (exact) mass is 321 g/mol. The summed E-state index contributed by atoms with van der Waals surface area (Å²) in [6.45, 7) is 6.27. The van der Waals surface area contributed by atoms with E-state index in [9.17, 15) is 8.42 Å². The molecule has 0 atom stereocenters. The zero-order chi connectivity index (χ0) is 16.4. The summed E-state index contributed by atoms with van der Waals surface area (Å²) in [6, 6.07) is 5.92. The van der Waals surface area contributed by atoms with E-state index in [1.54, 1.807) is 6.92 Å². The molecule has 122 valence electrons. The lowest BCUT2D eigenvalue weighted by atomic mass is 9.76. The van der Waals surface area contributed by atoms with E-state index in [-0.39, 0.29) is 11.5 Å². The molecule has 22 heavy (non-hydrogen) atoms. The van der Waals surface area contributed by atoms with Crippen molar-refractivity contribution < 1.29 is 8.42 Å². The average molecular weight is 321 g/mol. The van der Waals surface area contributed by atoms with Crippen molar-refractivity contribution in [2.45, 2.75) is 46.5 Å². The Morgan fingerprint density at radius 2 is 2.00 bits per heavy atom. The van der Waals surface area contributed by atoms with Crippen LogP contribution in [0.3, 0.4) is 0 Å². The van der Waals surface area contributed by atoms with E-state index in [0.29, 0.717) is 11.8 Å². The highest BCUT2D eigenvalue weighted by Gasteiger charge is 2.22. The highest BCUT2D eigenvalue weighted by atomic mass is 32.2. The van der Waals surface area contributed by atoms with Gasteiger partial charge in [-0.05, 0) is 54.4 Å². The SMILES string of the molecule is CCS(=O)(=O)CCc1ccc(N)c(C2=CCC(C)(C)CC2)c1. The van der Waals surface area contributed by atoms with Crippen molar-refractivity contribution in [2.24, 2.45) is 5.41 Å². The summed E-state index contributed by atoms with van der Waals surface area (Å²) in [6.07, 6.45) is 6.11. The number of rotatable bonds is 5. The first kappa shape index (κ1) is 17.1. The Labute approximate surface area is 134 Å². The zero-order valence-corrected chi connectivity index (χ0v) is 14.7. The summed E-state index contributed by atoms with van der Waals surface area (Å²) in [5, 5.41) is 0. The van der Waals surface area contributed by atoms with Crippen LogP contribution < -0.4 is 5.73 Å². The van der Waals surface area contributed by atoms with Gasteiger partial charge >= 0.3 is 0 Å². The Kier molecular flexibility index (Phi) is 5.00. The minimum Gasteiger partial charge on any atom is -0.398 e. The number of sulfone groups is 1. The van der Waals surface area contributed by atoms with Gasteiger partial charge in [-0.1, -0.05) is 32.9 Å². The molecule has 0 fully saturated rings. The molecule has 0 aromatic heterocycles. The highest BCUT2D eigenvalue weighted by molar-refractivity contribution is 7.91. The van der Waals surface area contributed by atoms with E-state index in [0.717, 1.165) is 36.1 Å². The van der Waals surface area contributed by atoms with Crippen molar-refractivity contribution in [3.8, 4) is 0 Å². The summed E-state index contributed by atoms with van der Waals surface area (Å²) in [7, 11) is -2.93. The molecular weight excluding hydrogens is 294 g/mol. The van der Waals surface area contributed by atoms with Crippen molar-refractivity contribution in [3.05, 3.63) is 35.4 Å². The maximum atomic E-state index is 11.7. The Hall–Kier alpha value is -1.29. The fourth-order valence-corrected chi connectivity index (χ4v) is 3.61. The maximum Gasteiger partial charge on any atom is 0.150 e. The third kappa shape index (κ3) is 4.35. The number of allylic oxidation sites excluding steroid dienone is 2. The molecule has 2 N–H and O–H groups in total. The second kappa shape index (κ2) is 6.45. The molecule has 0 bridgehead atoms. The fourth-order valence-electron chi connectivity index (χ4n) is 2.78. The predicted octanol–water partition coefficient (Wildman–Crippen LogP) is 3.84. The smallest absolute Gasteiger partial charge is 0.150 e. The summed E-state index contributed by atoms with van der Waals surface area (Å²) >= 11 is 0. The Morgan fingerprint density at radius 1 is 1.27 bits per heavy atom. The van der Waals surface area contributed by atoms with Gasteiger partial charge in [-0.2, -0.15) is 0 Å². The summed E-state index contributed by atoms with van der Waals surface area (Å²) < 4.78 is 23.3. The number of hydrogen-bond acceptors (Lipinski definition) is 3. The van der Waals surface area contributed by atoms with Gasteiger partial charge in [0.1, 0.15) is 9.84 Å². The van der Waals surface area contributed by atoms with Gasteiger partial charge in [0.2, 0.25) is 0 Å². The number of aryl methyl sites for hydroxylation is 1. The van der Waals surface area contributed by atoms with E-state index in [2.05, 4.69) is 26.0 Å². The molecule has 0 saturated heterocycles. The Balaban J connectivity index is 2.19. The van der Waals surface area contributed by atoms with E-state index in [1.165, 1.54) is 5.57 Å². The molecule has 3 nitrogen and oxygen atoms in total. The normalized spacial score (nSPS) is 18.0. The predicted molar refractivity (Wildman–Crippen MR) is 94.5 cm³/mol. The molecule has 0 aliphatic heterocycles. The molecule has 0 saturated carbocycles. The summed E-state index contributed by atoms with van der Waals surface area (Å²) in [4.78, 5) is 0. The van der Waals surface area contributed by atoms with Crippen molar-refractivity contribution in [1.82, 2.24) is 0 Å². The molecule has 1 aromatic carbocycles. The number of anilines is 1. The molecule has 0 radical (unpaired) electrons. The second-order valence-corrected chi connectivity index (χ2v) is 9.48. The molecule has 4 heteroatoms. The number of benzene rings is 1. The van der Waals surface area contributed by atoms with E-state index in [1.807, 2.05) is 12.1 Å². The number of nitrogen functional groups attached to an aromatic ring is 1. The zero-order valence-electron chi connectivity index (χ0n) is 13.9. The van der Waals surface area contributed by atoms with Crippen LogP contribution in [0, 0.1) is 5.41 Å². The third-order valence-corrected chi connectivity index (χ3v) is 6.28. The first-order valence-electron chi connectivity index (χ1n) is 8.01. The quantitative estimate of drug-likeness (QED) is 0.838. The van der Waals surface area contributed by atoms with Gasteiger partial charge in [-0.3, -0.25) is 0 Å². The molecule has 1 aliphatic rings. The van der Waals surface area contributed by atoms with E-state index in [4.69, 9.17) is 5.73 Å². The lowest BCUT2D eigenvalue weighted by Crippen LogP contribution is -2.14. The second-order valence-electron chi connectivity index (χ2n) is 7.01. The largest absolute Gasteiger partial charge is 0.398 e. The first-order valence-corrected chi connectivity index (χ1v) is 9.83. The van der Waals surface area contributed by atoms with Crippen LogP contribution in [0.4, 0.5) is 5.69 Å². The molecule has 0 unspecified atom stereocenters. The molecule has 0 spiro atoms. The van der Waals surface area contributed by atoms with Crippen LogP contribution in [-0.4, -0.2) is 19.9 Å². The van der Waals surface area contributed by atoms with Crippen LogP contribution in [-0.2, 0) is 16.3 Å². The molecule has 2 rings (SSSR count). The lowest BCUT2D eigenvalue weighted by molar-refractivity contribution is 0.335. The molecule has 1 aromatic rings. The third-order valence-electron chi connectivity index (χ3n) is 4.58. The molecule has 0 heterocycles.